The summed E-state index contributed by atoms with van der Waals surface area (Å²) in [6.45, 7) is 6.05. The number of hydrogen-bond donors (Lipinski definition) is 1. The summed E-state index contributed by atoms with van der Waals surface area (Å²) in [5.41, 5.74) is 1.42. The molecule has 1 aromatic carbocycles. The maximum atomic E-state index is 13.1. The number of amides is 2. The molecule has 0 bridgehead atoms. The molecule has 8 nitrogen and oxygen atoms in total. The number of anilines is 2. The third-order valence-corrected chi connectivity index (χ3v) is 5.95. The maximum absolute atomic E-state index is 13.1. The van der Waals surface area contributed by atoms with Crippen LogP contribution in [-0.2, 0) is 14.3 Å². The second kappa shape index (κ2) is 10.3. The van der Waals surface area contributed by atoms with Crippen LogP contribution in [0.15, 0.2) is 24.3 Å². The predicted octanol–water partition coefficient (Wildman–Crippen LogP) is 2.83. The molecule has 1 aromatic heterocycles. The standard InChI is InChI=1S/C21H25FN4O4S/c1-3-30-20(29)19-14(2)23-21(31-19)24-17(27)8-9-18(28)26-12-10-25(11-13-26)16-6-4-15(22)5-7-16/h4-7H,3,8-13H2,1-2H3,(H,23,24,27). The molecule has 0 atom stereocenters. The van der Waals surface area contributed by atoms with E-state index < -0.39 is 5.97 Å². The van der Waals surface area contributed by atoms with Crippen LogP contribution in [0.1, 0.15) is 35.1 Å². The molecule has 0 radical (unpaired) electrons. The van der Waals surface area contributed by atoms with Gasteiger partial charge in [-0.25, -0.2) is 14.2 Å². The van der Waals surface area contributed by atoms with E-state index in [-0.39, 0.29) is 37.1 Å². The van der Waals surface area contributed by atoms with Crippen molar-refractivity contribution in [3.63, 3.8) is 0 Å². The number of nitrogens with zero attached hydrogens (tertiary/aromatic N) is 3. The second-order valence-electron chi connectivity index (χ2n) is 7.05. The van der Waals surface area contributed by atoms with Gasteiger partial charge in [-0.05, 0) is 38.1 Å². The molecule has 0 saturated carbocycles. The maximum Gasteiger partial charge on any atom is 0.350 e. The summed E-state index contributed by atoms with van der Waals surface area (Å²) in [7, 11) is 0. The fourth-order valence-corrected chi connectivity index (χ4v) is 4.14. The molecule has 1 N–H and O–H groups in total. The summed E-state index contributed by atoms with van der Waals surface area (Å²) in [5, 5.41) is 2.95. The topological polar surface area (TPSA) is 91.8 Å². The smallest absolute Gasteiger partial charge is 0.350 e. The molecule has 2 heterocycles. The van der Waals surface area contributed by atoms with Crippen LogP contribution in [0.5, 0.6) is 0 Å². The lowest BCUT2D eigenvalue weighted by atomic mass is 10.2. The van der Waals surface area contributed by atoms with Gasteiger partial charge in [-0.3, -0.25) is 9.59 Å². The summed E-state index contributed by atoms with van der Waals surface area (Å²) >= 11 is 1.06. The van der Waals surface area contributed by atoms with E-state index in [0.29, 0.717) is 41.9 Å². The van der Waals surface area contributed by atoms with E-state index in [1.165, 1.54) is 12.1 Å². The number of nitrogens with one attached hydrogen (secondary N) is 1. The van der Waals surface area contributed by atoms with Gasteiger partial charge in [-0.15, -0.1) is 0 Å². The van der Waals surface area contributed by atoms with Crippen molar-refractivity contribution in [1.82, 2.24) is 9.88 Å². The van der Waals surface area contributed by atoms with Crippen molar-refractivity contribution in [3.05, 3.63) is 40.7 Å². The SMILES string of the molecule is CCOC(=O)c1sc(NC(=O)CCC(=O)N2CCN(c3ccc(F)cc3)CC2)nc1C. The first-order chi connectivity index (χ1) is 14.9. The number of benzene rings is 1. The van der Waals surface area contributed by atoms with Crippen LogP contribution in [0.3, 0.4) is 0 Å². The fourth-order valence-electron chi connectivity index (χ4n) is 3.26. The molecular formula is C21H25FN4O4S. The molecule has 0 spiro atoms. The molecule has 2 aromatic rings. The molecule has 166 valence electrons. The average Bonchev–Trinajstić information content (AvgIpc) is 3.13. The van der Waals surface area contributed by atoms with Gasteiger partial charge in [-0.2, -0.15) is 0 Å². The monoisotopic (exact) mass is 448 g/mol. The molecule has 10 heteroatoms. The molecule has 1 saturated heterocycles. The third-order valence-electron chi connectivity index (χ3n) is 4.89. The number of piperazine rings is 1. The lowest BCUT2D eigenvalue weighted by Crippen LogP contribution is -2.48. The van der Waals surface area contributed by atoms with Gasteiger partial charge < -0.3 is 19.9 Å². The Bertz CT molecular complexity index is 939. The summed E-state index contributed by atoms with van der Waals surface area (Å²) in [6, 6.07) is 6.30. The van der Waals surface area contributed by atoms with Crippen LogP contribution in [0, 0.1) is 12.7 Å². The van der Waals surface area contributed by atoms with Crippen LogP contribution < -0.4 is 10.2 Å². The van der Waals surface area contributed by atoms with Gasteiger partial charge in [0.1, 0.15) is 10.7 Å². The van der Waals surface area contributed by atoms with Gasteiger partial charge >= 0.3 is 5.97 Å². The zero-order valence-corrected chi connectivity index (χ0v) is 18.3. The Balaban J connectivity index is 1.43. The van der Waals surface area contributed by atoms with Gasteiger partial charge in [0.05, 0.1) is 12.3 Å². The Labute approximate surface area is 184 Å². The first kappa shape index (κ1) is 22.7. The zero-order valence-electron chi connectivity index (χ0n) is 17.5. The van der Waals surface area contributed by atoms with Crippen molar-refractivity contribution in [2.75, 3.05) is 43.0 Å². The highest BCUT2D eigenvalue weighted by atomic mass is 32.1. The number of rotatable bonds is 7. The van der Waals surface area contributed by atoms with Crippen molar-refractivity contribution in [1.29, 1.82) is 0 Å². The van der Waals surface area contributed by atoms with Crippen LogP contribution in [0.2, 0.25) is 0 Å². The molecular weight excluding hydrogens is 423 g/mol. The van der Waals surface area contributed by atoms with Crippen molar-refractivity contribution in [2.24, 2.45) is 0 Å². The van der Waals surface area contributed by atoms with Crippen LogP contribution >= 0.6 is 11.3 Å². The number of halogens is 1. The Hall–Kier alpha value is -3.01. The minimum Gasteiger partial charge on any atom is -0.462 e. The van der Waals surface area contributed by atoms with Gasteiger partial charge in [0, 0.05) is 44.7 Å². The lowest BCUT2D eigenvalue weighted by molar-refractivity contribution is -0.133. The number of hydrogen-bond acceptors (Lipinski definition) is 7. The highest BCUT2D eigenvalue weighted by Crippen LogP contribution is 2.24. The molecule has 3 rings (SSSR count). The summed E-state index contributed by atoms with van der Waals surface area (Å²) in [4.78, 5) is 44.9. The van der Waals surface area contributed by atoms with Gasteiger partial charge in [-0.1, -0.05) is 11.3 Å². The van der Waals surface area contributed by atoms with E-state index in [9.17, 15) is 18.8 Å². The lowest BCUT2D eigenvalue weighted by Gasteiger charge is -2.36. The van der Waals surface area contributed by atoms with E-state index in [1.807, 2.05) is 0 Å². The minimum atomic E-state index is -0.465. The second-order valence-corrected chi connectivity index (χ2v) is 8.05. The van der Waals surface area contributed by atoms with Crippen LogP contribution in [-0.4, -0.2) is 60.5 Å². The predicted molar refractivity (Wildman–Crippen MR) is 116 cm³/mol. The van der Waals surface area contributed by atoms with Gasteiger partial charge in [0.15, 0.2) is 5.13 Å². The Morgan fingerprint density at radius 1 is 1.13 bits per heavy atom. The van der Waals surface area contributed by atoms with Crippen LogP contribution in [0.4, 0.5) is 15.2 Å². The molecule has 0 aliphatic carbocycles. The highest BCUT2D eigenvalue weighted by molar-refractivity contribution is 7.17. The zero-order chi connectivity index (χ0) is 22.4. The number of aryl methyl sites for hydroxylation is 1. The van der Waals surface area contributed by atoms with E-state index >= 15 is 0 Å². The first-order valence-electron chi connectivity index (χ1n) is 10.1. The number of esters is 1. The number of carbonyl (C=O) groups is 3. The Morgan fingerprint density at radius 2 is 1.81 bits per heavy atom. The van der Waals surface area contributed by atoms with Crippen molar-refractivity contribution < 1.29 is 23.5 Å². The normalized spacial score (nSPS) is 13.8. The van der Waals surface area contributed by atoms with E-state index in [1.54, 1.807) is 30.9 Å². The van der Waals surface area contributed by atoms with E-state index in [2.05, 4.69) is 15.2 Å². The molecule has 31 heavy (non-hydrogen) atoms. The van der Waals surface area contributed by atoms with Gasteiger partial charge in [0.25, 0.3) is 0 Å². The number of ether oxygens (including phenoxy) is 1. The Morgan fingerprint density at radius 3 is 2.45 bits per heavy atom. The molecule has 1 fully saturated rings. The quantitative estimate of drug-likeness (QED) is 0.655. The number of aromatic nitrogens is 1. The molecule has 1 aliphatic heterocycles. The van der Waals surface area contributed by atoms with Crippen LogP contribution in [0.25, 0.3) is 0 Å². The first-order valence-corrected chi connectivity index (χ1v) is 10.9. The number of thiazole rings is 1. The highest BCUT2D eigenvalue weighted by Gasteiger charge is 2.22. The fraction of sp³-hybridized carbons (Fsp3) is 0.429. The average molecular weight is 449 g/mol. The van der Waals surface area contributed by atoms with E-state index in [0.717, 1.165) is 17.0 Å². The molecule has 2 amide bonds. The summed E-state index contributed by atoms with van der Waals surface area (Å²) in [5.74, 6) is -1.16. The van der Waals surface area contributed by atoms with Gasteiger partial charge in [0.2, 0.25) is 11.8 Å². The molecule has 1 aliphatic rings. The summed E-state index contributed by atoms with van der Waals surface area (Å²) in [6.07, 6.45) is 0.127. The van der Waals surface area contributed by atoms with E-state index in [4.69, 9.17) is 4.74 Å². The Kier molecular flexibility index (Phi) is 7.56. The minimum absolute atomic E-state index is 0.0321. The largest absolute Gasteiger partial charge is 0.462 e. The van der Waals surface area contributed by atoms with Crippen molar-refractivity contribution in [2.45, 2.75) is 26.7 Å². The number of carbonyl (C=O) groups excluding carboxylic acids is 3. The third kappa shape index (κ3) is 6.00. The van der Waals surface area contributed by atoms with Crippen molar-refractivity contribution in [3.8, 4) is 0 Å². The van der Waals surface area contributed by atoms with Crippen molar-refractivity contribution >= 4 is 39.9 Å². The molecule has 0 unspecified atom stereocenters. The summed E-state index contributed by atoms with van der Waals surface area (Å²) < 4.78 is 18.0.